The van der Waals surface area contributed by atoms with E-state index in [0.29, 0.717) is 32.1 Å². The number of hydrogen-bond donors (Lipinski definition) is 1. The van der Waals surface area contributed by atoms with E-state index in [0.717, 1.165) is 58.6 Å². The predicted molar refractivity (Wildman–Crippen MR) is 166 cm³/mol. The minimum atomic E-state index is -0.516. The van der Waals surface area contributed by atoms with Crippen molar-refractivity contribution in [2.75, 3.05) is 32.0 Å². The Morgan fingerprint density at radius 2 is 1.72 bits per heavy atom. The second-order valence-corrected chi connectivity index (χ2v) is 12.0. The van der Waals surface area contributed by atoms with Crippen molar-refractivity contribution < 1.29 is 19.0 Å². The fraction of sp³-hybridized carbons (Fsp3) is 0.382. The van der Waals surface area contributed by atoms with E-state index in [-0.39, 0.29) is 18.1 Å². The fourth-order valence-corrected chi connectivity index (χ4v) is 5.66. The molecule has 0 spiro atoms. The molecule has 222 valence electrons. The van der Waals surface area contributed by atoms with E-state index in [4.69, 9.17) is 19.9 Å². The highest BCUT2D eigenvalue weighted by Crippen LogP contribution is 2.40. The van der Waals surface area contributed by atoms with Gasteiger partial charge in [-0.1, -0.05) is 36.3 Å². The number of nitrogen functional groups attached to an aromatic ring is 1. The normalized spacial score (nSPS) is 17.5. The smallest absolute Gasteiger partial charge is 0.410 e. The van der Waals surface area contributed by atoms with Crippen molar-refractivity contribution in [2.45, 2.75) is 51.7 Å². The van der Waals surface area contributed by atoms with Gasteiger partial charge < -0.3 is 29.4 Å². The van der Waals surface area contributed by atoms with Crippen LogP contribution in [0.15, 0.2) is 60.9 Å². The molecule has 0 saturated carbocycles. The van der Waals surface area contributed by atoms with Gasteiger partial charge >= 0.3 is 6.09 Å². The quantitative estimate of drug-likeness (QED) is 0.278. The van der Waals surface area contributed by atoms with Crippen LogP contribution in [0.1, 0.15) is 51.8 Å². The standard InChI is InChI=1S/C34H37N5O4/c1-34(2,3)43-33(40)38-18-15-23(16-19-38)9-14-28-29(24-10-12-27(13-11-24)42-26-7-5-4-6-8-26)30-31(35)36-22-37-32(30)39(28)25-17-20-41-21-25/h4-8,10-13,22-23,25H,15-21H2,1-3H3,(H2,35,36,37)/t25-/m0/s1. The van der Waals surface area contributed by atoms with E-state index in [1.54, 1.807) is 4.90 Å². The van der Waals surface area contributed by atoms with Crippen molar-refractivity contribution in [3.05, 3.63) is 66.6 Å². The van der Waals surface area contributed by atoms with Crippen LogP contribution in [0.25, 0.3) is 22.2 Å². The highest BCUT2D eigenvalue weighted by molar-refractivity contribution is 6.03. The minimum Gasteiger partial charge on any atom is -0.457 e. The summed E-state index contributed by atoms with van der Waals surface area (Å²) < 4.78 is 19.6. The Labute approximate surface area is 252 Å². The molecule has 6 rings (SSSR count). The van der Waals surface area contributed by atoms with Crippen LogP contribution >= 0.6 is 0 Å². The first-order chi connectivity index (χ1) is 20.8. The number of anilines is 1. The Hall–Kier alpha value is -4.55. The number of hydrogen-bond acceptors (Lipinski definition) is 7. The highest BCUT2D eigenvalue weighted by atomic mass is 16.6. The number of fused-ring (bicyclic) bond motifs is 1. The lowest BCUT2D eigenvalue weighted by atomic mass is 9.96. The molecule has 0 unspecified atom stereocenters. The van der Waals surface area contributed by atoms with Gasteiger partial charge in [-0.3, -0.25) is 0 Å². The Morgan fingerprint density at radius 3 is 2.40 bits per heavy atom. The van der Waals surface area contributed by atoms with Gasteiger partial charge in [0.2, 0.25) is 0 Å². The van der Waals surface area contributed by atoms with Gasteiger partial charge in [-0.05, 0) is 75.8 Å². The number of ether oxygens (including phenoxy) is 3. The summed E-state index contributed by atoms with van der Waals surface area (Å²) in [4.78, 5) is 23.4. The number of nitrogens with zero attached hydrogens (tertiary/aromatic N) is 4. The summed E-state index contributed by atoms with van der Waals surface area (Å²) in [6.07, 6.45) is 3.66. The summed E-state index contributed by atoms with van der Waals surface area (Å²) in [7, 11) is 0. The second kappa shape index (κ2) is 12.0. The second-order valence-electron chi connectivity index (χ2n) is 12.0. The Bertz CT molecular complexity index is 1650. The molecule has 2 aliphatic rings. The van der Waals surface area contributed by atoms with Crippen molar-refractivity contribution in [1.29, 1.82) is 0 Å². The maximum absolute atomic E-state index is 12.6. The maximum Gasteiger partial charge on any atom is 0.410 e. The third-order valence-corrected chi connectivity index (χ3v) is 7.75. The van der Waals surface area contributed by atoms with Crippen LogP contribution in [0.3, 0.4) is 0 Å². The lowest BCUT2D eigenvalue weighted by molar-refractivity contribution is 0.0199. The van der Waals surface area contributed by atoms with Crippen LogP contribution in [-0.2, 0) is 9.47 Å². The maximum atomic E-state index is 12.6. The number of piperidine rings is 1. The van der Waals surface area contributed by atoms with Gasteiger partial charge in [-0.15, -0.1) is 0 Å². The number of amides is 1. The van der Waals surface area contributed by atoms with E-state index in [1.165, 1.54) is 6.33 Å². The monoisotopic (exact) mass is 579 g/mol. The molecule has 0 bridgehead atoms. The van der Waals surface area contributed by atoms with Crippen LogP contribution in [0, 0.1) is 17.8 Å². The van der Waals surface area contributed by atoms with Crippen molar-refractivity contribution in [1.82, 2.24) is 19.4 Å². The van der Waals surface area contributed by atoms with Crippen LogP contribution in [-0.4, -0.2) is 57.4 Å². The first-order valence-electron chi connectivity index (χ1n) is 14.8. The summed E-state index contributed by atoms with van der Waals surface area (Å²) in [5.74, 6) is 9.15. The number of para-hydroxylation sites is 1. The number of benzene rings is 2. The van der Waals surface area contributed by atoms with E-state index in [2.05, 4.69) is 26.4 Å². The molecule has 9 nitrogen and oxygen atoms in total. The molecule has 4 aromatic rings. The van der Waals surface area contributed by atoms with Crippen LogP contribution in [0.5, 0.6) is 11.5 Å². The molecular formula is C34H37N5O4. The molecule has 2 aliphatic heterocycles. The van der Waals surface area contributed by atoms with E-state index < -0.39 is 5.60 Å². The number of rotatable bonds is 4. The third kappa shape index (κ3) is 6.30. The average Bonchev–Trinajstić information content (AvgIpc) is 3.63. The molecule has 1 amide bonds. The first kappa shape index (κ1) is 28.6. The molecule has 0 radical (unpaired) electrons. The van der Waals surface area contributed by atoms with E-state index in [9.17, 15) is 4.79 Å². The van der Waals surface area contributed by atoms with Gasteiger partial charge in [-0.25, -0.2) is 14.8 Å². The summed E-state index contributed by atoms with van der Waals surface area (Å²) in [6.45, 7) is 8.15. The SMILES string of the molecule is CC(C)(C)OC(=O)N1CCC(C#Cc2c(-c3ccc(Oc4ccccc4)cc3)c3c(N)ncnc3n2[C@H]2CCOC2)CC1. The lowest BCUT2D eigenvalue weighted by Gasteiger charge is -2.31. The zero-order valence-corrected chi connectivity index (χ0v) is 24.9. The number of carbonyl (C=O) groups excluding carboxylic acids is 1. The van der Waals surface area contributed by atoms with Crippen LogP contribution < -0.4 is 10.5 Å². The molecule has 2 N–H and O–H groups in total. The van der Waals surface area contributed by atoms with Crippen LogP contribution in [0.2, 0.25) is 0 Å². The molecule has 0 aliphatic carbocycles. The van der Waals surface area contributed by atoms with Gasteiger partial charge in [0.1, 0.15) is 40.6 Å². The Morgan fingerprint density at radius 1 is 1.00 bits per heavy atom. The topological polar surface area (TPSA) is 105 Å². The zero-order valence-electron chi connectivity index (χ0n) is 24.9. The molecule has 9 heteroatoms. The molecular weight excluding hydrogens is 542 g/mol. The van der Waals surface area contributed by atoms with Gasteiger partial charge in [0, 0.05) is 31.2 Å². The van der Waals surface area contributed by atoms with Crippen molar-refractivity contribution in [3.63, 3.8) is 0 Å². The highest BCUT2D eigenvalue weighted by Gasteiger charge is 2.29. The van der Waals surface area contributed by atoms with Gasteiger partial charge in [0.15, 0.2) is 0 Å². The summed E-state index contributed by atoms with van der Waals surface area (Å²) in [6, 6.07) is 17.7. The molecule has 43 heavy (non-hydrogen) atoms. The summed E-state index contributed by atoms with van der Waals surface area (Å²) in [5, 5.41) is 0.787. The van der Waals surface area contributed by atoms with Crippen LogP contribution in [0.4, 0.5) is 10.6 Å². The number of likely N-dealkylation sites (tertiary alicyclic amines) is 1. The van der Waals surface area contributed by atoms with E-state index in [1.807, 2.05) is 75.4 Å². The number of aromatic nitrogens is 3. The van der Waals surface area contributed by atoms with Gasteiger partial charge in [0.05, 0.1) is 18.0 Å². The molecule has 2 saturated heterocycles. The molecule has 2 aromatic carbocycles. The summed E-state index contributed by atoms with van der Waals surface area (Å²) in [5.41, 5.74) is 9.47. The van der Waals surface area contributed by atoms with E-state index >= 15 is 0 Å². The molecule has 4 heterocycles. The predicted octanol–water partition coefficient (Wildman–Crippen LogP) is 6.43. The molecule has 2 fully saturated rings. The third-order valence-electron chi connectivity index (χ3n) is 7.75. The van der Waals surface area contributed by atoms with Gasteiger partial charge in [-0.2, -0.15) is 0 Å². The number of nitrogens with two attached hydrogens (primary N) is 1. The fourth-order valence-electron chi connectivity index (χ4n) is 5.66. The first-order valence-corrected chi connectivity index (χ1v) is 14.8. The average molecular weight is 580 g/mol. The molecule has 1 atom stereocenters. The lowest BCUT2D eigenvalue weighted by Crippen LogP contribution is -2.41. The minimum absolute atomic E-state index is 0.0875. The summed E-state index contributed by atoms with van der Waals surface area (Å²) >= 11 is 0. The number of carbonyl (C=O) groups is 1. The Kier molecular flexibility index (Phi) is 7.96. The van der Waals surface area contributed by atoms with Crippen molar-refractivity contribution >= 4 is 22.9 Å². The van der Waals surface area contributed by atoms with Gasteiger partial charge in [0.25, 0.3) is 0 Å². The van der Waals surface area contributed by atoms with Crippen molar-refractivity contribution in [2.24, 2.45) is 5.92 Å². The van der Waals surface area contributed by atoms with Crippen molar-refractivity contribution in [3.8, 4) is 34.5 Å². The zero-order chi connectivity index (χ0) is 30.0. The molecule has 2 aromatic heterocycles. The largest absolute Gasteiger partial charge is 0.457 e. The Balaban J connectivity index is 1.35.